The summed E-state index contributed by atoms with van der Waals surface area (Å²) in [7, 11) is 0. The van der Waals surface area contributed by atoms with Crippen molar-refractivity contribution in [2.75, 3.05) is 13.2 Å². The summed E-state index contributed by atoms with van der Waals surface area (Å²) in [4.78, 5) is 14.5. The Morgan fingerprint density at radius 3 is 2.70 bits per heavy atom. The van der Waals surface area contributed by atoms with Crippen molar-refractivity contribution in [1.82, 2.24) is 4.98 Å². The Morgan fingerprint density at radius 2 is 1.95 bits per heavy atom. The number of carbonyl (C=O) groups is 1. The van der Waals surface area contributed by atoms with Gasteiger partial charge in [0.2, 0.25) is 0 Å². The number of pyridine rings is 1. The highest BCUT2D eigenvalue weighted by molar-refractivity contribution is 5.85. The molecule has 5 heteroatoms. The lowest BCUT2D eigenvalue weighted by Gasteiger charge is -2.07. The van der Waals surface area contributed by atoms with Gasteiger partial charge in [0.1, 0.15) is 18.1 Å². The van der Waals surface area contributed by atoms with Crippen LogP contribution < -0.4 is 4.74 Å². The van der Waals surface area contributed by atoms with Crippen LogP contribution in [0.1, 0.15) is 16.1 Å². The molecule has 5 nitrogen and oxygen atoms in total. The van der Waals surface area contributed by atoms with Gasteiger partial charge in [-0.3, -0.25) is 0 Å². The molecule has 1 N–H and O–H groups in total. The Balaban J connectivity index is 1.71. The van der Waals surface area contributed by atoms with Crippen molar-refractivity contribution in [3.63, 3.8) is 0 Å². The Bertz CT molecular complexity index is 557. The first-order valence-electron chi connectivity index (χ1n) is 6.19. The topological polar surface area (TPSA) is 68.7 Å². The van der Waals surface area contributed by atoms with Gasteiger partial charge in [-0.2, -0.15) is 0 Å². The lowest BCUT2D eigenvalue weighted by atomic mass is 10.2. The van der Waals surface area contributed by atoms with Crippen LogP contribution in [0, 0.1) is 0 Å². The average Bonchev–Trinajstić information content (AvgIpc) is 2.48. The second-order valence-corrected chi connectivity index (χ2v) is 4.07. The van der Waals surface area contributed by atoms with E-state index in [-0.39, 0.29) is 5.69 Å². The molecule has 0 spiro atoms. The first kappa shape index (κ1) is 14.0. The van der Waals surface area contributed by atoms with E-state index < -0.39 is 5.97 Å². The van der Waals surface area contributed by atoms with Crippen LogP contribution in [-0.2, 0) is 11.3 Å². The number of hydrogen-bond acceptors (Lipinski definition) is 4. The van der Waals surface area contributed by atoms with Crippen LogP contribution in [0.5, 0.6) is 5.75 Å². The van der Waals surface area contributed by atoms with Gasteiger partial charge in [-0.1, -0.05) is 18.2 Å². The van der Waals surface area contributed by atoms with Gasteiger partial charge in [0, 0.05) is 6.20 Å². The molecule has 1 heterocycles. The van der Waals surface area contributed by atoms with Gasteiger partial charge >= 0.3 is 5.97 Å². The Hall–Kier alpha value is -2.40. The van der Waals surface area contributed by atoms with Crippen LogP contribution in [0.3, 0.4) is 0 Å². The molecule has 0 aliphatic heterocycles. The molecule has 1 aromatic carbocycles. The highest BCUT2D eigenvalue weighted by Gasteiger charge is 2.04. The number of para-hydroxylation sites is 1. The summed E-state index contributed by atoms with van der Waals surface area (Å²) in [6.45, 7) is 1.21. The molecule has 2 aromatic rings. The monoisotopic (exact) mass is 273 g/mol. The first-order valence-corrected chi connectivity index (χ1v) is 6.19. The summed E-state index contributed by atoms with van der Waals surface area (Å²) in [6.07, 6.45) is 1.46. The third-order valence-corrected chi connectivity index (χ3v) is 2.55. The number of aromatic carboxylic acids is 1. The number of hydrogen-bond donors (Lipinski definition) is 1. The summed E-state index contributed by atoms with van der Waals surface area (Å²) in [5, 5.41) is 8.82. The fourth-order valence-corrected chi connectivity index (χ4v) is 1.61. The molecule has 104 valence electrons. The summed E-state index contributed by atoms with van der Waals surface area (Å²) in [6, 6.07) is 12.7. The number of carboxylic acid groups (broad SMARTS) is 1. The van der Waals surface area contributed by atoms with Gasteiger partial charge in [0.15, 0.2) is 0 Å². The second-order valence-electron chi connectivity index (χ2n) is 4.07. The number of aromatic nitrogens is 1. The molecule has 0 amide bonds. The Labute approximate surface area is 116 Å². The summed E-state index contributed by atoms with van der Waals surface area (Å²) < 4.78 is 10.9. The third-order valence-electron chi connectivity index (χ3n) is 2.55. The van der Waals surface area contributed by atoms with E-state index in [1.807, 2.05) is 30.3 Å². The van der Waals surface area contributed by atoms with Crippen molar-refractivity contribution < 1.29 is 19.4 Å². The number of rotatable bonds is 7. The van der Waals surface area contributed by atoms with Gasteiger partial charge < -0.3 is 14.6 Å². The first-order chi connectivity index (χ1) is 9.75. The molecule has 0 saturated carbocycles. The van der Waals surface area contributed by atoms with E-state index in [1.54, 1.807) is 6.07 Å². The SMILES string of the molecule is O=C(O)c1cc(COCCOc2ccccc2)ccn1. The number of ether oxygens (including phenoxy) is 2. The molecule has 0 fully saturated rings. The van der Waals surface area contributed by atoms with Gasteiger partial charge in [-0.05, 0) is 29.8 Å². The van der Waals surface area contributed by atoms with Crippen molar-refractivity contribution in [3.05, 3.63) is 59.9 Å². The number of nitrogens with zero attached hydrogens (tertiary/aromatic N) is 1. The molecule has 0 bridgehead atoms. The van der Waals surface area contributed by atoms with Crippen LogP contribution in [0.4, 0.5) is 0 Å². The summed E-state index contributed by atoms with van der Waals surface area (Å²) >= 11 is 0. The largest absolute Gasteiger partial charge is 0.491 e. The molecule has 0 atom stereocenters. The number of carboxylic acids is 1. The molecular weight excluding hydrogens is 258 g/mol. The minimum Gasteiger partial charge on any atom is -0.491 e. The van der Waals surface area contributed by atoms with E-state index in [0.29, 0.717) is 19.8 Å². The zero-order chi connectivity index (χ0) is 14.2. The van der Waals surface area contributed by atoms with Crippen LogP contribution in [0.2, 0.25) is 0 Å². The van der Waals surface area contributed by atoms with Gasteiger partial charge in [-0.25, -0.2) is 9.78 Å². The van der Waals surface area contributed by atoms with Gasteiger partial charge in [0.05, 0.1) is 13.2 Å². The van der Waals surface area contributed by atoms with Crippen LogP contribution in [-0.4, -0.2) is 29.3 Å². The Kier molecular flexibility index (Phi) is 5.08. The highest BCUT2D eigenvalue weighted by atomic mass is 16.5. The van der Waals surface area contributed by atoms with E-state index in [4.69, 9.17) is 14.6 Å². The molecule has 1 aromatic heterocycles. The molecule has 20 heavy (non-hydrogen) atoms. The average molecular weight is 273 g/mol. The molecule has 0 aliphatic rings. The quantitative estimate of drug-likeness (QED) is 0.784. The van der Waals surface area contributed by atoms with Crippen molar-refractivity contribution in [1.29, 1.82) is 0 Å². The fraction of sp³-hybridized carbons (Fsp3) is 0.200. The van der Waals surface area contributed by atoms with Crippen LogP contribution in [0.25, 0.3) is 0 Å². The van der Waals surface area contributed by atoms with Crippen LogP contribution >= 0.6 is 0 Å². The third kappa shape index (κ3) is 4.37. The highest BCUT2D eigenvalue weighted by Crippen LogP contribution is 2.08. The van der Waals surface area contributed by atoms with E-state index >= 15 is 0 Å². The standard InChI is InChI=1S/C15H15NO4/c17-15(18)14-10-12(6-7-16-14)11-19-8-9-20-13-4-2-1-3-5-13/h1-7,10H,8-9,11H2,(H,17,18). The predicted octanol–water partition coefficient (Wildman–Crippen LogP) is 2.38. The number of benzene rings is 1. The zero-order valence-electron chi connectivity index (χ0n) is 10.9. The fourth-order valence-electron chi connectivity index (χ4n) is 1.61. The summed E-state index contributed by atoms with van der Waals surface area (Å²) in [5.74, 6) is -0.243. The van der Waals surface area contributed by atoms with Crippen molar-refractivity contribution in [2.45, 2.75) is 6.61 Å². The van der Waals surface area contributed by atoms with Crippen molar-refractivity contribution in [3.8, 4) is 5.75 Å². The van der Waals surface area contributed by atoms with Crippen LogP contribution in [0.15, 0.2) is 48.7 Å². The molecular formula is C15H15NO4. The Morgan fingerprint density at radius 1 is 1.15 bits per heavy atom. The molecule has 2 rings (SSSR count). The lowest BCUT2D eigenvalue weighted by molar-refractivity contribution is 0.0689. The van der Waals surface area contributed by atoms with E-state index in [2.05, 4.69) is 4.98 Å². The van der Waals surface area contributed by atoms with E-state index in [1.165, 1.54) is 12.3 Å². The molecule has 0 unspecified atom stereocenters. The molecule has 0 saturated heterocycles. The maximum absolute atomic E-state index is 10.8. The lowest BCUT2D eigenvalue weighted by Crippen LogP contribution is -2.07. The van der Waals surface area contributed by atoms with Crippen molar-refractivity contribution in [2.24, 2.45) is 0 Å². The zero-order valence-corrected chi connectivity index (χ0v) is 10.9. The maximum Gasteiger partial charge on any atom is 0.354 e. The molecule has 0 radical (unpaired) electrons. The second kappa shape index (κ2) is 7.25. The van der Waals surface area contributed by atoms with Gasteiger partial charge in [-0.15, -0.1) is 0 Å². The maximum atomic E-state index is 10.8. The minimum absolute atomic E-state index is 0.0200. The minimum atomic E-state index is -1.04. The van der Waals surface area contributed by atoms with Gasteiger partial charge in [0.25, 0.3) is 0 Å². The van der Waals surface area contributed by atoms with E-state index in [0.717, 1.165) is 11.3 Å². The molecule has 0 aliphatic carbocycles. The normalized spacial score (nSPS) is 10.2. The predicted molar refractivity (Wildman–Crippen MR) is 72.8 cm³/mol. The smallest absolute Gasteiger partial charge is 0.354 e. The van der Waals surface area contributed by atoms with E-state index in [9.17, 15) is 4.79 Å². The summed E-state index contributed by atoms with van der Waals surface area (Å²) in [5.41, 5.74) is 0.795. The van der Waals surface area contributed by atoms with Crippen molar-refractivity contribution >= 4 is 5.97 Å².